The Morgan fingerprint density at radius 3 is 2.70 bits per heavy atom. The van der Waals surface area contributed by atoms with Crippen LogP contribution in [0.25, 0.3) is 0 Å². The standard InChI is InChI=1S/C8H16O2/c1-4-9-7-5-8(2,3)10-6-7/h7H,4-6H2,1-3H3. The van der Waals surface area contributed by atoms with Crippen LogP contribution in [0.15, 0.2) is 0 Å². The van der Waals surface area contributed by atoms with Crippen LogP contribution in [0, 0.1) is 0 Å². The van der Waals surface area contributed by atoms with Crippen molar-refractivity contribution in [3.63, 3.8) is 0 Å². The summed E-state index contributed by atoms with van der Waals surface area (Å²) >= 11 is 0. The fourth-order valence-corrected chi connectivity index (χ4v) is 1.33. The summed E-state index contributed by atoms with van der Waals surface area (Å²) in [6.07, 6.45) is 1.36. The van der Waals surface area contributed by atoms with E-state index in [2.05, 4.69) is 13.8 Å². The van der Waals surface area contributed by atoms with Gasteiger partial charge < -0.3 is 9.47 Å². The van der Waals surface area contributed by atoms with Gasteiger partial charge in [0.1, 0.15) is 0 Å². The third kappa shape index (κ3) is 1.96. The van der Waals surface area contributed by atoms with Crippen molar-refractivity contribution in [1.82, 2.24) is 0 Å². The van der Waals surface area contributed by atoms with Crippen LogP contribution < -0.4 is 0 Å². The Labute approximate surface area is 62.5 Å². The van der Waals surface area contributed by atoms with Gasteiger partial charge >= 0.3 is 0 Å². The predicted molar refractivity (Wildman–Crippen MR) is 40.1 cm³/mol. The van der Waals surface area contributed by atoms with Crippen LogP contribution in [-0.2, 0) is 9.47 Å². The summed E-state index contributed by atoms with van der Waals surface area (Å²) in [5.41, 5.74) is 0.0415. The Kier molecular flexibility index (Phi) is 2.32. The van der Waals surface area contributed by atoms with E-state index < -0.39 is 0 Å². The van der Waals surface area contributed by atoms with Crippen molar-refractivity contribution in [3.8, 4) is 0 Å². The lowest BCUT2D eigenvalue weighted by molar-refractivity contribution is 0.0195. The molecule has 0 saturated carbocycles. The van der Waals surface area contributed by atoms with Crippen LogP contribution in [0.2, 0.25) is 0 Å². The molecule has 1 saturated heterocycles. The van der Waals surface area contributed by atoms with Crippen LogP contribution in [0.5, 0.6) is 0 Å². The Balaban J connectivity index is 2.29. The average Bonchev–Trinajstić information content (AvgIpc) is 2.12. The third-order valence-corrected chi connectivity index (χ3v) is 1.78. The van der Waals surface area contributed by atoms with Gasteiger partial charge in [-0.15, -0.1) is 0 Å². The summed E-state index contributed by atoms with van der Waals surface area (Å²) in [5, 5.41) is 0. The monoisotopic (exact) mass is 144 g/mol. The number of rotatable bonds is 2. The van der Waals surface area contributed by atoms with E-state index in [9.17, 15) is 0 Å². The van der Waals surface area contributed by atoms with Crippen molar-refractivity contribution >= 4 is 0 Å². The molecule has 0 bridgehead atoms. The first-order valence-corrected chi connectivity index (χ1v) is 3.89. The molecule has 1 heterocycles. The highest BCUT2D eigenvalue weighted by atomic mass is 16.6. The summed E-state index contributed by atoms with van der Waals surface area (Å²) in [7, 11) is 0. The van der Waals surface area contributed by atoms with Gasteiger partial charge in [0.25, 0.3) is 0 Å². The molecule has 10 heavy (non-hydrogen) atoms. The molecular weight excluding hydrogens is 128 g/mol. The highest BCUT2D eigenvalue weighted by Crippen LogP contribution is 2.25. The van der Waals surface area contributed by atoms with Gasteiger partial charge in [0.2, 0.25) is 0 Å². The lowest BCUT2D eigenvalue weighted by atomic mass is 10.1. The number of ether oxygens (including phenoxy) is 2. The van der Waals surface area contributed by atoms with Crippen molar-refractivity contribution in [2.75, 3.05) is 13.2 Å². The van der Waals surface area contributed by atoms with Gasteiger partial charge in [0.15, 0.2) is 0 Å². The maximum Gasteiger partial charge on any atom is 0.0835 e. The third-order valence-electron chi connectivity index (χ3n) is 1.78. The minimum Gasteiger partial charge on any atom is -0.376 e. The second-order valence-corrected chi connectivity index (χ2v) is 3.35. The summed E-state index contributed by atoms with van der Waals surface area (Å²) < 4.78 is 10.9. The lowest BCUT2D eigenvalue weighted by Crippen LogP contribution is -2.18. The van der Waals surface area contributed by atoms with Crippen molar-refractivity contribution in [3.05, 3.63) is 0 Å². The van der Waals surface area contributed by atoms with Crippen molar-refractivity contribution in [1.29, 1.82) is 0 Å². The zero-order valence-electron chi connectivity index (χ0n) is 7.02. The fraction of sp³-hybridized carbons (Fsp3) is 1.00. The molecule has 1 aliphatic rings. The van der Waals surface area contributed by atoms with E-state index >= 15 is 0 Å². The Morgan fingerprint density at radius 2 is 2.30 bits per heavy atom. The van der Waals surface area contributed by atoms with Gasteiger partial charge in [0, 0.05) is 13.0 Å². The minimum atomic E-state index is 0.0415. The van der Waals surface area contributed by atoms with E-state index in [-0.39, 0.29) is 5.60 Å². The Hall–Kier alpha value is -0.0800. The summed E-state index contributed by atoms with van der Waals surface area (Å²) in [6.45, 7) is 7.79. The molecule has 1 atom stereocenters. The van der Waals surface area contributed by atoms with Crippen LogP contribution >= 0.6 is 0 Å². The number of hydrogen-bond acceptors (Lipinski definition) is 2. The molecule has 0 aromatic heterocycles. The summed E-state index contributed by atoms with van der Waals surface area (Å²) in [6, 6.07) is 0. The van der Waals surface area contributed by atoms with Gasteiger partial charge in [-0.2, -0.15) is 0 Å². The Morgan fingerprint density at radius 1 is 1.60 bits per heavy atom. The van der Waals surface area contributed by atoms with E-state index in [1.165, 1.54) is 0 Å². The normalized spacial score (nSPS) is 30.9. The van der Waals surface area contributed by atoms with Crippen LogP contribution in [0.1, 0.15) is 27.2 Å². The second-order valence-electron chi connectivity index (χ2n) is 3.35. The van der Waals surface area contributed by atoms with E-state index in [1.807, 2.05) is 6.92 Å². The molecular formula is C8H16O2. The Bertz CT molecular complexity index is 110. The van der Waals surface area contributed by atoms with Crippen LogP contribution in [0.3, 0.4) is 0 Å². The molecule has 0 N–H and O–H groups in total. The maximum atomic E-state index is 5.48. The first-order chi connectivity index (χ1) is 4.64. The first-order valence-electron chi connectivity index (χ1n) is 3.89. The molecule has 1 rings (SSSR count). The van der Waals surface area contributed by atoms with Crippen molar-refractivity contribution < 1.29 is 9.47 Å². The quantitative estimate of drug-likeness (QED) is 0.586. The topological polar surface area (TPSA) is 18.5 Å². The highest BCUT2D eigenvalue weighted by Gasteiger charge is 2.31. The highest BCUT2D eigenvalue weighted by molar-refractivity contribution is 4.81. The smallest absolute Gasteiger partial charge is 0.0835 e. The predicted octanol–water partition coefficient (Wildman–Crippen LogP) is 1.59. The molecule has 0 radical (unpaired) electrons. The molecule has 1 unspecified atom stereocenters. The summed E-state index contributed by atoms with van der Waals surface area (Å²) in [5.74, 6) is 0. The summed E-state index contributed by atoms with van der Waals surface area (Å²) in [4.78, 5) is 0. The van der Waals surface area contributed by atoms with Crippen molar-refractivity contribution in [2.24, 2.45) is 0 Å². The number of hydrogen-bond donors (Lipinski definition) is 0. The van der Waals surface area contributed by atoms with Gasteiger partial charge in [-0.25, -0.2) is 0 Å². The van der Waals surface area contributed by atoms with Gasteiger partial charge in [-0.1, -0.05) is 0 Å². The molecule has 0 aliphatic carbocycles. The van der Waals surface area contributed by atoms with Gasteiger partial charge in [-0.3, -0.25) is 0 Å². The SMILES string of the molecule is CCOC1COC(C)(C)C1. The van der Waals surface area contributed by atoms with E-state index in [0.717, 1.165) is 19.6 Å². The molecule has 2 heteroatoms. The largest absolute Gasteiger partial charge is 0.376 e. The minimum absolute atomic E-state index is 0.0415. The maximum absolute atomic E-state index is 5.48. The molecule has 0 amide bonds. The van der Waals surface area contributed by atoms with Crippen LogP contribution in [0.4, 0.5) is 0 Å². The molecule has 0 aromatic carbocycles. The average molecular weight is 144 g/mol. The van der Waals surface area contributed by atoms with Gasteiger partial charge in [-0.05, 0) is 20.8 Å². The molecule has 1 aliphatic heterocycles. The van der Waals surface area contributed by atoms with Crippen molar-refractivity contribution in [2.45, 2.75) is 38.9 Å². The molecule has 1 fully saturated rings. The molecule has 2 nitrogen and oxygen atoms in total. The fourth-order valence-electron chi connectivity index (χ4n) is 1.33. The van der Waals surface area contributed by atoms with Gasteiger partial charge in [0.05, 0.1) is 18.3 Å². The van der Waals surface area contributed by atoms with E-state index in [4.69, 9.17) is 9.47 Å². The van der Waals surface area contributed by atoms with Crippen LogP contribution in [-0.4, -0.2) is 24.9 Å². The molecule has 0 aromatic rings. The second kappa shape index (κ2) is 2.89. The van der Waals surface area contributed by atoms with E-state index in [0.29, 0.717) is 6.10 Å². The lowest BCUT2D eigenvalue weighted by Gasteiger charge is -2.15. The molecule has 60 valence electrons. The zero-order valence-corrected chi connectivity index (χ0v) is 7.02. The molecule has 0 spiro atoms. The zero-order chi connectivity index (χ0) is 7.61. The first kappa shape index (κ1) is 8.02. The van der Waals surface area contributed by atoms with E-state index in [1.54, 1.807) is 0 Å².